The van der Waals surface area contributed by atoms with E-state index in [0.29, 0.717) is 6.42 Å². The summed E-state index contributed by atoms with van der Waals surface area (Å²) in [6.45, 7) is 5.66. The Morgan fingerprint density at radius 2 is 2.19 bits per heavy atom. The van der Waals surface area contributed by atoms with Crippen LogP contribution < -0.4 is 17.0 Å². The Balaban J connectivity index is 2.69. The fourth-order valence-electron chi connectivity index (χ4n) is 2.68. The number of aromatic amines is 1. The molecule has 21 heavy (non-hydrogen) atoms. The smallest absolute Gasteiger partial charge is 0.330 e. The van der Waals surface area contributed by atoms with Crippen molar-refractivity contribution < 1.29 is 0 Å². The zero-order valence-corrected chi connectivity index (χ0v) is 11.6. The van der Waals surface area contributed by atoms with Gasteiger partial charge < -0.3 is 5.73 Å². The molecule has 1 aromatic heterocycles. The van der Waals surface area contributed by atoms with Gasteiger partial charge >= 0.3 is 5.69 Å². The minimum Gasteiger partial charge on any atom is -0.383 e. The Kier molecular flexibility index (Phi) is 4.02. The highest BCUT2D eigenvalue weighted by Crippen LogP contribution is 2.38. The van der Waals surface area contributed by atoms with Crippen LogP contribution in [0.25, 0.3) is 0 Å². The molecule has 1 aliphatic rings. The summed E-state index contributed by atoms with van der Waals surface area (Å²) in [5.41, 5.74) is 5.68. The van der Waals surface area contributed by atoms with E-state index in [0.717, 1.165) is 17.6 Å². The molecule has 7 heteroatoms. The van der Waals surface area contributed by atoms with Crippen LogP contribution in [0.1, 0.15) is 25.8 Å². The lowest BCUT2D eigenvalue weighted by atomic mass is 10.1. The van der Waals surface area contributed by atoms with Gasteiger partial charge in [0, 0.05) is 0 Å². The van der Waals surface area contributed by atoms with Crippen molar-refractivity contribution >= 4 is 11.5 Å². The highest BCUT2D eigenvalue weighted by molar-refractivity contribution is 5.57. The van der Waals surface area contributed by atoms with Gasteiger partial charge in [-0.25, -0.2) is 4.79 Å². The molecule has 0 aliphatic heterocycles. The van der Waals surface area contributed by atoms with Crippen molar-refractivity contribution in [1.82, 2.24) is 9.55 Å². The van der Waals surface area contributed by atoms with E-state index in [-0.39, 0.29) is 11.9 Å². The molecule has 3 N–H and O–H groups in total. The first-order valence-corrected chi connectivity index (χ1v) is 6.51. The molecule has 0 aromatic carbocycles. The molecule has 0 spiro atoms. The molecule has 0 amide bonds. The Morgan fingerprint density at radius 1 is 1.48 bits per heavy atom. The molecule has 1 atom stereocenters. The Hall–Kier alpha value is -2.70. The number of H-pyrrole nitrogens is 1. The molecule has 2 rings (SSSR count). The average Bonchev–Trinajstić information content (AvgIpc) is 2.82. The molecule has 0 saturated heterocycles. The van der Waals surface area contributed by atoms with Gasteiger partial charge in [0.05, 0.1) is 6.04 Å². The second kappa shape index (κ2) is 5.74. The number of hydrogen-bond donors (Lipinski definition) is 2. The number of hydrogen-bond acceptors (Lipinski definition) is 5. The van der Waals surface area contributed by atoms with E-state index in [2.05, 4.69) is 16.7 Å². The molecule has 0 saturated carbocycles. The van der Waals surface area contributed by atoms with Crippen LogP contribution >= 0.6 is 0 Å². The first-order chi connectivity index (χ1) is 10.0. The predicted octanol–water partition coefficient (Wildman–Crippen LogP) is 1.91. The third kappa shape index (κ3) is 2.37. The maximum atomic E-state index is 12.1. The summed E-state index contributed by atoms with van der Waals surface area (Å²) < 4.78 is 1.20. The third-order valence-corrected chi connectivity index (χ3v) is 3.56. The summed E-state index contributed by atoms with van der Waals surface area (Å²) in [7, 11) is 0. The van der Waals surface area contributed by atoms with Crippen molar-refractivity contribution in [2.45, 2.75) is 25.8 Å². The molecule has 1 heterocycles. The van der Waals surface area contributed by atoms with Gasteiger partial charge in [-0.2, -0.15) is 0 Å². The average molecular weight is 288 g/mol. The summed E-state index contributed by atoms with van der Waals surface area (Å²) in [6, 6.07) is -0.362. The van der Waals surface area contributed by atoms with Crippen LogP contribution in [0.4, 0.5) is 11.5 Å². The van der Waals surface area contributed by atoms with E-state index in [1.807, 2.05) is 19.1 Å². The van der Waals surface area contributed by atoms with Crippen LogP contribution in [0.3, 0.4) is 0 Å². The normalized spacial score (nSPS) is 18.4. The van der Waals surface area contributed by atoms with Crippen LogP contribution in [0.5, 0.6) is 0 Å². The van der Waals surface area contributed by atoms with Gasteiger partial charge in [-0.1, -0.05) is 24.8 Å². The first kappa shape index (κ1) is 14.7. The Labute approximate surface area is 120 Å². The summed E-state index contributed by atoms with van der Waals surface area (Å²) in [6.07, 6.45) is 6.90. The van der Waals surface area contributed by atoms with E-state index in [9.17, 15) is 14.5 Å². The molecule has 1 unspecified atom stereocenters. The zero-order chi connectivity index (χ0) is 15.6. The predicted molar refractivity (Wildman–Crippen MR) is 81.5 cm³/mol. The molecule has 1 aliphatic carbocycles. The number of nitrogen functional groups attached to an aromatic ring is 1. The van der Waals surface area contributed by atoms with Crippen LogP contribution in [0.2, 0.25) is 0 Å². The molecular weight excluding hydrogens is 272 g/mol. The Morgan fingerprint density at radius 3 is 2.76 bits per heavy atom. The van der Waals surface area contributed by atoms with E-state index >= 15 is 0 Å². The van der Waals surface area contributed by atoms with Crippen LogP contribution in [-0.4, -0.2) is 9.55 Å². The number of aromatic nitrogens is 2. The summed E-state index contributed by atoms with van der Waals surface area (Å²) in [5.74, 6) is -0.218. The second-order valence-electron chi connectivity index (χ2n) is 4.69. The minimum absolute atomic E-state index is 0.218. The largest absolute Gasteiger partial charge is 0.383 e. The van der Waals surface area contributed by atoms with Crippen molar-refractivity contribution in [2.24, 2.45) is 5.18 Å². The molecule has 0 fully saturated rings. The van der Waals surface area contributed by atoms with E-state index < -0.39 is 16.9 Å². The number of nitrogens with zero attached hydrogens (tertiary/aromatic N) is 2. The van der Waals surface area contributed by atoms with Gasteiger partial charge in [-0.05, 0) is 36.1 Å². The van der Waals surface area contributed by atoms with Crippen LogP contribution in [0.15, 0.2) is 50.7 Å². The number of nitroso groups, excluding NO2 is 1. The number of nitrogens with one attached hydrogen (secondary N) is 1. The summed E-state index contributed by atoms with van der Waals surface area (Å²) in [4.78, 5) is 36.3. The van der Waals surface area contributed by atoms with Gasteiger partial charge in [0.25, 0.3) is 5.56 Å². The van der Waals surface area contributed by atoms with E-state index in [1.165, 1.54) is 4.57 Å². The number of nitrogens with two attached hydrogens (primary N) is 1. The standard InChI is InChI=1S/C14H16N4O3/c1-3-5-8-6-7-10(9(8)4-2)18-12(15)11(17-21)13(19)16-14(18)20/h3-5,10H,2,6-7,15H2,1H3,(H,16,19,20)/b5-3-. The van der Waals surface area contributed by atoms with Gasteiger partial charge in [0.2, 0.25) is 5.69 Å². The molecule has 7 nitrogen and oxygen atoms in total. The molecular formula is C14H16N4O3. The van der Waals surface area contributed by atoms with Crippen LogP contribution in [0, 0.1) is 4.91 Å². The fraction of sp³-hybridized carbons (Fsp3) is 0.286. The molecule has 1 aromatic rings. The summed E-state index contributed by atoms with van der Waals surface area (Å²) >= 11 is 0. The topological polar surface area (TPSA) is 110 Å². The monoisotopic (exact) mass is 288 g/mol. The van der Waals surface area contributed by atoms with E-state index in [1.54, 1.807) is 6.08 Å². The third-order valence-electron chi connectivity index (χ3n) is 3.56. The van der Waals surface area contributed by atoms with Gasteiger partial charge in [-0.3, -0.25) is 14.3 Å². The van der Waals surface area contributed by atoms with Crippen molar-refractivity contribution in [3.63, 3.8) is 0 Å². The molecule has 0 radical (unpaired) electrons. The minimum atomic E-state index is -0.875. The van der Waals surface area contributed by atoms with Gasteiger partial charge in [0.1, 0.15) is 5.82 Å². The number of rotatable bonds is 4. The Bertz CT molecular complexity index is 767. The fourth-order valence-corrected chi connectivity index (χ4v) is 2.68. The molecule has 110 valence electrons. The molecule has 0 bridgehead atoms. The SMILES string of the molecule is C=CC1=C(/C=C\C)CCC1n1c(N)c(N=O)c(=O)[nH]c1=O. The first-order valence-electron chi connectivity index (χ1n) is 6.51. The lowest BCUT2D eigenvalue weighted by Crippen LogP contribution is -2.34. The van der Waals surface area contributed by atoms with Crippen molar-refractivity contribution in [2.75, 3.05) is 5.73 Å². The highest BCUT2D eigenvalue weighted by atomic mass is 16.3. The van der Waals surface area contributed by atoms with Gasteiger partial charge in [0.15, 0.2) is 0 Å². The number of allylic oxidation sites excluding steroid dienone is 5. The maximum Gasteiger partial charge on any atom is 0.330 e. The summed E-state index contributed by atoms with van der Waals surface area (Å²) in [5, 5.41) is 2.61. The quantitative estimate of drug-likeness (QED) is 0.824. The van der Waals surface area contributed by atoms with Crippen molar-refractivity contribution in [3.05, 3.63) is 61.7 Å². The maximum absolute atomic E-state index is 12.1. The zero-order valence-electron chi connectivity index (χ0n) is 11.6. The van der Waals surface area contributed by atoms with Crippen molar-refractivity contribution in [1.29, 1.82) is 0 Å². The van der Waals surface area contributed by atoms with Crippen LogP contribution in [-0.2, 0) is 0 Å². The van der Waals surface area contributed by atoms with Gasteiger partial charge in [-0.15, -0.1) is 4.91 Å². The highest BCUT2D eigenvalue weighted by Gasteiger charge is 2.27. The van der Waals surface area contributed by atoms with Crippen molar-refractivity contribution in [3.8, 4) is 0 Å². The second-order valence-corrected chi connectivity index (χ2v) is 4.69. The lowest BCUT2D eigenvalue weighted by molar-refractivity contribution is 0.551. The number of anilines is 1. The van der Waals surface area contributed by atoms with E-state index in [4.69, 9.17) is 5.73 Å². The lowest BCUT2D eigenvalue weighted by Gasteiger charge is -2.18.